The van der Waals surface area contributed by atoms with Crippen molar-refractivity contribution in [3.8, 4) is 0 Å². The van der Waals surface area contributed by atoms with E-state index in [1.165, 1.54) is 37.7 Å². The summed E-state index contributed by atoms with van der Waals surface area (Å²) in [5, 5.41) is 32.2. The molecular weight excluding hydrogens is 628 g/mol. The Bertz CT molecular complexity index is 1170. The molecular formula is C43H72O7. The van der Waals surface area contributed by atoms with E-state index in [4.69, 9.17) is 14.2 Å². The summed E-state index contributed by atoms with van der Waals surface area (Å²) in [4.78, 5) is 12.3. The van der Waals surface area contributed by atoms with Gasteiger partial charge in [0.05, 0.1) is 6.10 Å². The predicted molar refractivity (Wildman–Crippen MR) is 198 cm³/mol. The molecule has 14 unspecified atom stereocenters. The van der Waals surface area contributed by atoms with Gasteiger partial charge in [0.1, 0.15) is 31.0 Å². The average molecular weight is 701 g/mol. The van der Waals surface area contributed by atoms with E-state index in [9.17, 15) is 20.1 Å². The number of aliphatic hydroxyl groups is 3. The van der Waals surface area contributed by atoms with E-state index in [2.05, 4.69) is 66.7 Å². The Kier molecular flexibility index (Phi) is 13.8. The molecule has 7 nitrogen and oxygen atoms in total. The van der Waals surface area contributed by atoms with Gasteiger partial charge in [-0.25, -0.2) is 0 Å². The first-order valence-corrected chi connectivity index (χ1v) is 20.7. The fraction of sp³-hybridized carbons (Fsp3) is 0.884. The second-order valence-electron chi connectivity index (χ2n) is 17.9. The van der Waals surface area contributed by atoms with Crippen molar-refractivity contribution in [1.82, 2.24) is 0 Å². The van der Waals surface area contributed by atoms with Crippen LogP contribution < -0.4 is 0 Å². The van der Waals surface area contributed by atoms with Crippen LogP contribution in [-0.4, -0.2) is 64.7 Å². The highest BCUT2D eigenvalue weighted by Crippen LogP contribution is 2.67. The maximum absolute atomic E-state index is 12.3. The van der Waals surface area contributed by atoms with Crippen molar-refractivity contribution in [1.29, 1.82) is 0 Å². The van der Waals surface area contributed by atoms with E-state index < -0.39 is 30.7 Å². The van der Waals surface area contributed by atoms with Crippen molar-refractivity contribution < 1.29 is 34.3 Å². The Balaban J connectivity index is 1.17. The van der Waals surface area contributed by atoms with Gasteiger partial charge in [0.25, 0.3) is 0 Å². The van der Waals surface area contributed by atoms with Gasteiger partial charge in [0, 0.05) is 6.42 Å². The maximum atomic E-state index is 12.3. The molecule has 0 radical (unpaired) electrons. The van der Waals surface area contributed by atoms with Crippen LogP contribution in [0, 0.1) is 52.3 Å². The van der Waals surface area contributed by atoms with Crippen LogP contribution in [0.3, 0.4) is 0 Å². The molecule has 7 heteroatoms. The average Bonchev–Trinajstić information content (AvgIpc) is 3.45. The van der Waals surface area contributed by atoms with Gasteiger partial charge in [-0.1, -0.05) is 98.0 Å². The van der Waals surface area contributed by atoms with Crippen LogP contribution in [-0.2, 0) is 19.0 Å². The number of hydrogen-bond donors (Lipinski definition) is 3. The Morgan fingerprint density at radius 3 is 2.42 bits per heavy atom. The van der Waals surface area contributed by atoms with Crippen molar-refractivity contribution in [2.75, 3.05) is 6.61 Å². The maximum Gasteiger partial charge on any atom is 0.305 e. The van der Waals surface area contributed by atoms with Crippen molar-refractivity contribution >= 4 is 5.97 Å². The number of ether oxygens (including phenoxy) is 3. The van der Waals surface area contributed by atoms with Crippen molar-refractivity contribution in [2.45, 2.75) is 182 Å². The number of carbonyl (C=O) groups is 1. The normalized spacial score (nSPS) is 41.3. The highest BCUT2D eigenvalue weighted by Gasteiger charge is 2.59. The molecule has 4 fully saturated rings. The molecule has 3 N–H and O–H groups in total. The first-order chi connectivity index (χ1) is 23.8. The monoisotopic (exact) mass is 701 g/mol. The number of rotatable bonds is 15. The Morgan fingerprint density at radius 1 is 0.940 bits per heavy atom. The van der Waals surface area contributed by atoms with Crippen LogP contribution in [0.4, 0.5) is 0 Å². The van der Waals surface area contributed by atoms with Crippen LogP contribution in [0.25, 0.3) is 0 Å². The van der Waals surface area contributed by atoms with Gasteiger partial charge in [0.2, 0.25) is 0 Å². The standard InChI is InChI=1S/C43H72O7/c1-8-10-11-12-13-14-37(44)48-26-36-38(45)39(46)40(47)41(50-36)49-31-21-23-42(6)30(25-31)17-18-32-34-20-19-33(43(34,7)24-22-35(32)42)28(5)15-16-29(9-2)27(3)4/h15-17,27-29,31-36,38-41,45-47H,8-14,18-26H2,1-7H3/b16-15+. The minimum absolute atomic E-state index is 0.144. The second kappa shape index (κ2) is 17.3. The van der Waals surface area contributed by atoms with E-state index in [1.54, 1.807) is 0 Å². The SMILES string of the molecule is CCCCCCCC(=O)OCC1OC(OC2CCC3(C)C(=CCC4C3CCC3(C)C(C(C)/C=C/C(CC)C(C)C)CCC43)C2)C(O)C(O)C1O. The highest BCUT2D eigenvalue weighted by atomic mass is 16.7. The van der Waals surface area contributed by atoms with Crippen molar-refractivity contribution in [3.05, 3.63) is 23.8 Å². The fourth-order valence-electron chi connectivity index (χ4n) is 11.4. The number of hydrogen-bond acceptors (Lipinski definition) is 7. The highest BCUT2D eigenvalue weighted by molar-refractivity contribution is 5.69. The van der Waals surface area contributed by atoms with Gasteiger partial charge < -0.3 is 29.5 Å². The summed E-state index contributed by atoms with van der Waals surface area (Å²) >= 11 is 0. The quantitative estimate of drug-likeness (QED) is 0.0894. The summed E-state index contributed by atoms with van der Waals surface area (Å²) in [7, 11) is 0. The summed E-state index contributed by atoms with van der Waals surface area (Å²) in [5.74, 6) is 4.62. The van der Waals surface area contributed by atoms with E-state index in [0.29, 0.717) is 35.5 Å². The molecule has 0 bridgehead atoms. The molecule has 3 saturated carbocycles. The van der Waals surface area contributed by atoms with Crippen LogP contribution in [0.1, 0.15) is 145 Å². The largest absolute Gasteiger partial charge is 0.463 e. The van der Waals surface area contributed by atoms with Crippen LogP contribution in [0.2, 0.25) is 0 Å². The summed E-state index contributed by atoms with van der Waals surface area (Å²) < 4.78 is 17.8. The minimum Gasteiger partial charge on any atom is -0.463 e. The second-order valence-corrected chi connectivity index (χ2v) is 17.9. The third-order valence-corrected chi connectivity index (χ3v) is 14.6. The molecule has 5 aliphatic rings. The molecule has 1 aliphatic heterocycles. The summed E-state index contributed by atoms with van der Waals surface area (Å²) in [6.07, 6.45) is 17.1. The van der Waals surface area contributed by atoms with Gasteiger partial charge in [0.15, 0.2) is 6.29 Å². The van der Waals surface area contributed by atoms with Gasteiger partial charge in [-0.05, 0) is 116 Å². The summed E-state index contributed by atoms with van der Waals surface area (Å²) in [6, 6.07) is 0. The topological polar surface area (TPSA) is 105 Å². The fourth-order valence-corrected chi connectivity index (χ4v) is 11.4. The van der Waals surface area contributed by atoms with Gasteiger partial charge in [-0.3, -0.25) is 4.79 Å². The Morgan fingerprint density at radius 2 is 1.70 bits per heavy atom. The van der Waals surface area contributed by atoms with E-state index >= 15 is 0 Å². The van der Waals surface area contributed by atoms with Gasteiger partial charge in [-0.2, -0.15) is 0 Å². The number of unbranched alkanes of at least 4 members (excludes halogenated alkanes) is 4. The first kappa shape index (κ1) is 39.9. The van der Waals surface area contributed by atoms with Crippen LogP contribution >= 0.6 is 0 Å². The van der Waals surface area contributed by atoms with E-state index in [1.807, 2.05) is 0 Å². The van der Waals surface area contributed by atoms with Crippen LogP contribution in [0.15, 0.2) is 23.8 Å². The van der Waals surface area contributed by atoms with Crippen LogP contribution in [0.5, 0.6) is 0 Å². The number of carbonyl (C=O) groups excluding carboxylic acids is 1. The molecule has 5 rings (SSSR count). The number of fused-ring (bicyclic) bond motifs is 5. The smallest absolute Gasteiger partial charge is 0.305 e. The number of aliphatic hydroxyl groups excluding tert-OH is 3. The van der Waals surface area contributed by atoms with Crippen molar-refractivity contribution in [3.63, 3.8) is 0 Å². The molecule has 14 atom stereocenters. The lowest BCUT2D eigenvalue weighted by molar-refractivity contribution is -0.313. The zero-order valence-electron chi connectivity index (χ0n) is 32.5. The summed E-state index contributed by atoms with van der Waals surface area (Å²) in [6.45, 7) is 16.6. The lowest BCUT2D eigenvalue weighted by Gasteiger charge is -2.58. The molecule has 1 heterocycles. The van der Waals surface area contributed by atoms with Crippen molar-refractivity contribution in [2.24, 2.45) is 52.3 Å². The predicted octanol–water partition coefficient (Wildman–Crippen LogP) is 8.54. The first-order valence-electron chi connectivity index (χ1n) is 20.7. The van der Waals surface area contributed by atoms with Gasteiger partial charge >= 0.3 is 5.97 Å². The zero-order chi connectivity index (χ0) is 36.2. The minimum atomic E-state index is -1.44. The zero-order valence-corrected chi connectivity index (χ0v) is 32.5. The molecule has 0 aromatic rings. The van der Waals surface area contributed by atoms with E-state index in [0.717, 1.165) is 75.5 Å². The molecule has 0 aromatic heterocycles. The number of allylic oxidation sites excluding steroid dienone is 3. The third-order valence-electron chi connectivity index (χ3n) is 14.6. The molecule has 1 saturated heterocycles. The van der Waals surface area contributed by atoms with E-state index in [-0.39, 0.29) is 24.1 Å². The summed E-state index contributed by atoms with van der Waals surface area (Å²) in [5.41, 5.74) is 2.05. The molecule has 286 valence electrons. The Hall–Kier alpha value is -1.25. The molecule has 0 amide bonds. The lowest BCUT2D eigenvalue weighted by atomic mass is 9.47. The molecule has 50 heavy (non-hydrogen) atoms. The molecule has 0 spiro atoms. The molecule has 4 aliphatic carbocycles. The third kappa shape index (κ3) is 8.43. The van der Waals surface area contributed by atoms with Gasteiger partial charge in [-0.15, -0.1) is 0 Å². The number of esters is 1. The lowest BCUT2D eigenvalue weighted by Crippen LogP contribution is -2.60. The Labute approximate surface area is 304 Å². The molecule has 0 aromatic carbocycles.